The number of hydrogen-bond donors (Lipinski definition) is 0. The second-order valence-corrected chi connectivity index (χ2v) is 2.93. The summed E-state index contributed by atoms with van der Waals surface area (Å²) in [5.41, 5.74) is 0. The maximum absolute atomic E-state index is 10.8. The van der Waals surface area contributed by atoms with Crippen molar-refractivity contribution >= 4 is 5.78 Å². The lowest BCUT2D eigenvalue weighted by Crippen LogP contribution is -2.05. The van der Waals surface area contributed by atoms with E-state index in [1.807, 2.05) is 0 Å². The highest BCUT2D eigenvalue weighted by Gasteiger charge is 2.07. The molecule has 0 aromatic carbocycles. The highest BCUT2D eigenvalue weighted by molar-refractivity contribution is 5.75. The Morgan fingerprint density at radius 1 is 1.13 bits per heavy atom. The Balaban J connectivity index is 2.81. The van der Waals surface area contributed by atoms with E-state index in [2.05, 4.69) is 15.0 Å². The Bertz CT molecular complexity index is 332. The molecule has 1 aromatic heterocycles. The number of carbonyl (C=O) groups excluding carboxylic acids is 1. The minimum atomic E-state index is 0.0911. The van der Waals surface area contributed by atoms with Crippen molar-refractivity contribution in [1.82, 2.24) is 15.0 Å². The van der Waals surface area contributed by atoms with Crippen molar-refractivity contribution in [2.75, 3.05) is 14.2 Å². The van der Waals surface area contributed by atoms with Crippen molar-refractivity contribution < 1.29 is 14.3 Å². The summed E-state index contributed by atoms with van der Waals surface area (Å²) in [5, 5.41) is 0. The number of carbonyl (C=O) groups is 1. The number of ketones is 1. The third-order valence-electron chi connectivity index (χ3n) is 1.71. The monoisotopic (exact) mass is 211 g/mol. The summed E-state index contributed by atoms with van der Waals surface area (Å²) < 4.78 is 9.75. The molecule has 0 spiro atoms. The lowest BCUT2D eigenvalue weighted by atomic mass is 10.2. The van der Waals surface area contributed by atoms with E-state index in [1.165, 1.54) is 21.1 Å². The van der Waals surface area contributed by atoms with Crippen LogP contribution in [0.4, 0.5) is 0 Å². The lowest BCUT2D eigenvalue weighted by molar-refractivity contribution is -0.117. The van der Waals surface area contributed by atoms with E-state index in [1.54, 1.807) is 0 Å². The van der Waals surface area contributed by atoms with Crippen LogP contribution in [-0.4, -0.2) is 35.0 Å². The molecule has 0 radical (unpaired) electrons. The van der Waals surface area contributed by atoms with E-state index in [9.17, 15) is 4.79 Å². The number of Topliss-reactive ketones (excluding diaryl/α,β-unsaturated/α-hetero) is 1. The molecule has 1 aromatic rings. The molecule has 1 rings (SSSR count). The zero-order valence-corrected chi connectivity index (χ0v) is 8.98. The standard InChI is InChI=1S/C9H13N3O3/c1-6(13)4-5-7-10-8(14-2)12-9(11-7)15-3/h4-5H2,1-3H3. The van der Waals surface area contributed by atoms with Crippen molar-refractivity contribution in [1.29, 1.82) is 0 Å². The molecule has 0 N–H and O–H groups in total. The molecule has 0 saturated carbocycles. The molecule has 0 unspecified atom stereocenters. The number of hydrogen-bond acceptors (Lipinski definition) is 6. The summed E-state index contributed by atoms with van der Waals surface area (Å²) in [4.78, 5) is 22.6. The zero-order valence-electron chi connectivity index (χ0n) is 8.98. The van der Waals surface area contributed by atoms with Crippen molar-refractivity contribution in [2.24, 2.45) is 0 Å². The topological polar surface area (TPSA) is 74.2 Å². The number of ether oxygens (including phenoxy) is 2. The van der Waals surface area contributed by atoms with Gasteiger partial charge in [0.15, 0.2) is 0 Å². The second kappa shape index (κ2) is 5.23. The highest BCUT2D eigenvalue weighted by Crippen LogP contribution is 2.09. The minimum Gasteiger partial charge on any atom is -0.467 e. The first kappa shape index (κ1) is 11.4. The van der Waals surface area contributed by atoms with E-state index >= 15 is 0 Å². The molecule has 6 heteroatoms. The molecule has 0 amide bonds. The van der Waals surface area contributed by atoms with E-state index in [-0.39, 0.29) is 17.8 Å². The normalized spacial score (nSPS) is 9.80. The van der Waals surface area contributed by atoms with Gasteiger partial charge in [-0.2, -0.15) is 9.97 Å². The van der Waals surface area contributed by atoms with E-state index in [0.717, 1.165) is 0 Å². The van der Waals surface area contributed by atoms with Crippen molar-refractivity contribution in [3.63, 3.8) is 0 Å². The number of rotatable bonds is 5. The van der Waals surface area contributed by atoms with Crippen LogP contribution in [0.3, 0.4) is 0 Å². The van der Waals surface area contributed by atoms with Crippen molar-refractivity contribution in [2.45, 2.75) is 19.8 Å². The molecule has 0 bridgehead atoms. The van der Waals surface area contributed by atoms with Gasteiger partial charge in [-0.05, 0) is 6.92 Å². The molecule has 0 fully saturated rings. The average Bonchev–Trinajstić information content (AvgIpc) is 2.25. The fourth-order valence-corrected chi connectivity index (χ4v) is 0.960. The van der Waals surface area contributed by atoms with Gasteiger partial charge in [0, 0.05) is 12.8 Å². The Labute approximate surface area is 87.7 Å². The molecule has 15 heavy (non-hydrogen) atoms. The number of aryl methyl sites for hydroxylation is 1. The van der Waals surface area contributed by atoms with Gasteiger partial charge in [-0.15, -0.1) is 4.98 Å². The average molecular weight is 211 g/mol. The first-order valence-electron chi connectivity index (χ1n) is 4.48. The Hall–Kier alpha value is -1.72. The van der Waals surface area contributed by atoms with Crippen LogP contribution >= 0.6 is 0 Å². The fraction of sp³-hybridized carbons (Fsp3) is 0.556. The van der Waals surface area contributed by atoms with Crippen LogP contribution in [-0.2, 0) is 11.2 Å². The molecule has 0 saturated heterocycles. The summed E-state index contributed by atoms with van der Waals surface area (Å²) >= 11 is 0. The smallest absolute Gasteiger partial charge is 0.322 e. The summed E-state index contributed by atoms with van der Waals surface area (Å²) in [6, 6.07) is 0.390. The molecule has 0 aliphatic carbocycles. The van der Waals surface area contributed by atoms with Crippen molar-refractivity contribution in [3.8, 4) is 12.0 Å². The lowest BCUT2D eigenvalue weighted by Gasteiger charge is -2.03. The third kappa shape index (κ3) is 3.49. The van der Waals surface area contributed by atoms with E-state index < -0.39 is 0 Å². The predicted molar refractivity (Wildman–Crippen MR) is 51.9 cm³/mol. The van der Waals surface area contributed by atoms with Gasteiger partial charge in [-0.3, -0.25) is 0 Å². The van der Waals surface area contributed by atoms with Crippen LogP contribution in [0.25, 0.3) is 0 Å². The van der Waals surface area contributed by atoms with Crippen LogP contribution in [0, 0.1) is 0 Å². The molecule has 82 valence electrons. The largest absolute Gasteiger partial charge is 0.467 e. The Morgan fingerprint density at radius 2 is 1.67 bits per heavy atom. The fourth-order valence-electron chi connectivity index (χ4n) is 0.960. The van der Waals surface area contributed by atoms with Gasteiger partial charge >= 0.3 is 12.0 Å². The predicted octanol–water partition coefficient (Wildman–Crippen LogP) is 0.410. The summed E-state index contributed by atoms with van der Waals surface area (Å²) in [6.07, 6.45) is 0.862. The van der Waals surface area contributed by atoms with Crippen LogP contribution in [0.1, 0.15) is 19.2 Å². The minimum absolute atomic E-state index is 0.0911. The number of methoxy groups -OCH3 is 2. The van der Waals surface area contributed by atoms with Crippen LogP contribution < -0.4 is 9.47 Å². The van der Waals surface area contributed by atoms with Gasteiger partial charge in [-0.25, -0.2) is 0 Å². The number of nitrogens with zero attached hydrogens (tertiary/aromatic N) is 3. The highest BCUT2D eigenvalue weighted by atomic mass is 16.5. The quantitative estimate of drug-likeness (QED) is 0.702. The Kier molecular flexibility index (Phi) is 3.96. The van der Waals surface area contributed by atoms with Crippen molar-refractivity contribution in [3.05, 3.63) is 5.82 Å². The first-order valence-corrected chi connectivity index (χ1v) is 4.48. The summed E-state index contributed by atoms with van der Waals surface area (Å²) in [7, 11) is 2.92. The van der Waals surface area contributed by atoms with Gasteiger partial charge < -0.3 is 14.3 Å². The van der Waals surface area contributed by atoms with Crippen LogP contribution in [0.2, 0.25) is 0 Å². The first-order chi connectivity index (χ1) is 7.15. The molecule has 0 aliphatic rings. The zero-order chi connectivity index (χ0) is 11.3. The molecule has 1 heterocycles. The summed E-state index contributed by atoms with van der Waals surface area (Å²) in [6.45, 7) is 1.52. The molecular weight excluding hydrogens is 198 g/mol. The molecular formula is C9H13N3O3. The number of aromatic nitrogens is 3. The maximum atomic E-state index is 10.8. The Morgan fingerprint density at radius 3 is 2.07 bits per heavy atom. The van der Waals surface area contributed by atoms with Gasteiger partial charge in [0.1, 0.15) is 11.6 Å². The molecule has 0 atom stereocenters. The third-order valence-corrected chi connectivity index (χ3v) is 1.71. The van der Waals surface area contributed by atoms with E-state index in [4.69, 9.17) is 9.47 Å². The van der Waals surface area contributed by atoms with Crippen LogP contribution in [0.5, 0.6) is 12.0 Å². The molecule has 6 nitrogen and oxygen atoms in total. The SMILES string of the molecule is COc1nc(CCC(C)=O)nc(OC)n1. The van der Waals surface area contributed by atoms with E-state index in [0.29, 0.717) is 18.7 Å². The van der Waals surface area contributed by atoms with Gasteiger partial charge in [0.2, 0.25) is 0 Å². The second-order valence-electron chi connectivity index (χ2n) is 2.93. The van der Waals surface area contributed by atoms with Gasteiger partial charge in [0.25, 0.3) is 0 Å². The van der Waals surface area contributed by atoms with Gasteiger partial charge in [-0.1, -0.05) is 0 Å². The van der Waals surface area contributed by atoms with Crippen LogP contribution in [0.15, 0.2) is 0 Å². The summed E-state index contributed by atoms with van der Waals surface area (Å²) in [5.74, 6) is 0.585. The molecule has 0 aliphatic heterocycles. The van der Waals surface area contributed by atoms with Gasteiger partial charge in [0.05, 0.1) is 14.2 Å². The maximum Gasteiger partial charge on any atom is 0.322 e.